The van der Waals surface area contributed by atoms with Gasteiger partial charge < -0.3 is 5.11 Å². The van der Waals surface area contributed by atoms with E-state index in [1.165, 1.54) is 0 Å². The fraction of sp³-hybridized carbons (Fsp3) is 0.833. The maximum Gasteiger partial charge on any atom is 0.309 e. The molecule has 2 nitrogen and oxygen atoms in total. The first-order valence-electron chi connectivity index (χ1n) is 3.12. The molecule has 0 spiro atoms. The zero-order valence-corrected chi connectivity index (χ0v) is 8.25. The average molecular weight is 219 g/mol. The molecule has 0 heterocycles. The van der Waals surface area contributed by atoms with Crippen LogP contribution in [-0.4, -0.2) is 21.3 Å². The molecule has 0 saturated carbocycles. The van der Waals surface area contributed by atoms with E-state index in [0.717, 1.165) is 0 Å². The third kappa shape index (κ3) is 3.06. The second kappa shape index (κ2) is 4.39. The molecule has 1 N–H and O–H groups in total. The lowest BCUT2D eigenvalue weighted by atomic mass is 10.0. The number of halogens is 3. The van der Waals surface area contributed by atoms with Crippen LogP contribution in [0.1, 0.15) is 13.3 Å². The summed E-state index contributed by atoms with van der Waals surface area (Å²) in [5.41, 5.74) is 0. The van der Waals surface area contributed by atoms with Crippen LogP contribution in [-0.2, 0) is 4.79 Å². The fourth-order valence-corrected chi connectivity index (χ4v) is 1.43. The summed E-state index contributed by atoms with van der Waals surface area (Å²) in [6, 6.07) is 0. The van der Waals surface area contributed by atoms with E-state index in [9.17, 15) is 4.79 Å². The Bertz CT molecular complexity index is 147. The van der Waals surface area contributed by atoms with Gasteiger partial charge in [0.15, 0.2) is 0 Å². The summed E-state index contributed by atoms with van der Waals surface area (Å²) in [6.07, 6.45) is 0.370. The van der Waals surface area contributed by atoms with Crippen LogP contribution < -0.4 is 0 Å². The average Bonchev–Trinajstić information content (AvgIpc) is 1.88. The number of rotatable bonds is 4. The van der Waals surface area contributed by atoms with Gasteiger partial charge in [-0.05, 0) is 6.42 Å². The summed E-state index contributed by atoms with van der Waals surface area (Å²) in [5, 5.41) is 8.61. The first-order valence-corrected chi connectivity index (χ1v) is 4.41. The van der Waals surface area contributed by atoms with Gasteiger partial charge in [0.05, 0.1) is 11.8 Å². The van der Waals surface area contributed by atoms with Gasteiger partial charge in [0, 0.05) is 0 Å². The van der Waals surface area contributed by atoms with E-state index in [2.05, 4.69) is 0 Å². The molecule has 0 aliphatic rings. The van der Waals surface area contributed by atoms with Crippen molar-refractivity contribution in [1.29, 1.82) is 0 Å². The Morgan fingerprint density at radius 1 is 1.64 bits per heavy atom. The molecule has 0 saturated heterocycles. The molecule has 0 fully saturated rings. The van der Waals surface area contributed by atoms with Crippen molar-refractivity contribution < 1.29 is 9.90 Å². The zero-order valence-electron chi connectivity index (χ0n) is 5.98. The monoisotopic (exact) mass is 218 g/mol. The fourth-order valence-electron chi connectivity index (χ4n) is 0.747. The van der Waals surface area contributed by atoms with Gasteiger partial charge in [-0.1, -0.05) is 30.1 Å². The van der Waals surface area contributed by atoms with Gasteiger partial charge in [-0.2, -0.15) is 0 Å². The van der Waals surface area contributed by atoms with Crippen molar-refractivity contribution in [2.45, 2.75) is 17.7 Å². The molecule has 0 aromatic heterocycles. The van der Waals surface area contributed by atoms with E-state index >= 15 is 0 Å². The highest BCUT2D eigenvalue weighted by Crippen LogP contribution is 2.33. The van der Waals surface area contributed by atoms with Gasteiger partial charge in [0.1, 0.15) is 4.33 Å². The number of hydrogen-bond acceptors (Lipinski definition) is 1. The highest BCUT2D eigenvalue weighted by atomic mass is 35.5. The quantitative estimate of drug-likeness (QED) is 0.738. The molecule has 0 aromatic carbocycles. The van der Waals surface area contributed by atoms with Crippen molar-refractivity contribution >= 4 is 40.8 Å². The van der Waals surface area contributed by atoms with Crippen LogP contribution in [0.2, 0.25) is 0 Å². The van der Waals surface area contributed by atoms with Crippen molar-refractivity contribution in [2.75, 3.05) is 5.88 Å². The number of hydrogen-bond donors (Lipinski definition) is 1. The summed E-state index contributed by atoms with van der Waals surface area (Å²) in [6.45, 7) is 1.70. The highest BCUT2D eigenvalue weighted by Gasteiger charge is 2.37. The third-order valence-corrected chi connectivity index (χ3v) is 2.88. The smallest absolute Gasteiger partial charge is 0.309 e. The first-order chi connectivity index (χ1) is 4.95. The molecule has 11 heavy (non-hydrogen) atoms. The predicted molar refractivity (Wildman–Crippen MR) is 46.6 cm³/mol. The van der Waals surface area contributed by atoms with E-state index in [1.54, 1.807) is 6.92 Å². The number of carbonyl (C=O) groups is 1. The maximum absolute atomic E-state index is 10.5. The van der Waals surface area contributed by atoms with Gasteiger partial charge in [-0.15, -0.1) is 11.6 Å². The Hall–Kier alpha value is 0.340. The molecule has 66 valence electrons. The van der Waals surface area contributed by atoms with Crippen molar-refractivity contribution in [2.24, 2.45) is 5.92 Å². The molecule has 0 amide bonds. The molecule has 1 atom stereocenters. The molecule has 0 bridgehead atoms. The lowest BCUT2D eigenvalue weighted by molar-refractivity contribution is -0.142. The van der Waals surface area contributed by atoms with E-state index < -0.39 is 16.2 Å². The Kier molecular flexibility index (Phi) is 4.52. The SMILES string of the molecule is CCC(C(=O)O)C(Cl)(Cl)CCl. The van der Waals surface area contributed by atoms with Crippen molar-refractivity contribution in [3.8, 4) is 0 Å². The second-order valence-electron chi connectivity index (χ2n) is 2.19. The number of carboxylic acids is 1. The van der Waals surface area contributed by atoms with Gasteiger partial charge >= 0.3 is 5.97 Å². The lowest BCUT2D eigenvalue weighted by Gasteiger charge is -2.22. The number of alkyl halides is 3. The van der Waals surface area contributed by atoms with Crippen LogP contribution in [0.15, 0.2) is 0 Å². The van der Waals surface area contributed by atoms with Crippen molar-refractivity contribution in [3.05, 3.63) is 0 Å². The largest absolute Gasteiger partial charge is 0.481 e. The molecule has 1 unspecified atom stereocenters. The van der Waals surface area contributed by atoms with Crippen LogP contribution in [0.5, 0.6) is 0 Å². The molecule has 0 rings (SSSR count). The summed E-state index contributed by atoms with van der Waals surface area (Å²) in [7, 11) is 0. The van der Waals surface area contributed by atoms with Gasteiger partial charge in [0.25, 0.3) is 0 Å². The molecular weight excluding hydrogens is 210 g/mol. The highest BCUT2D eigenvalue weighted by molar-refractivity contribution is 6.52. The van der Waals surface area contributed by atoms with Gasteiger partial charge in [-0.25, -0.2) is 0 Å². The molecule has 0 aromatic rings. The topological polar surface area (TPSA) is 37.3 Å². The Labute approximate surface area is 80.4 Å². The first kappa shape index (κ1) is 11.3. The van der Waals surface area contributed by atoms with Crippen LogP contribution in [0, 0.1) is 5.92 Å². The van der Waals surface area contributed by atoms with E-state index in [4.69, 9.17) is 39.9 Å². The Balaban J connectivity index is 4.36. The summed E-state index contributed by atoms with van der Waals surface area (Å²) >= 11 is 16.7. The second-order valence-corrected chi connectivity index (χ2v) is 4.00. The summed E-state index contributed by atoms with van der Waals surface area (Å²) in [5.74, 6) is -1.90. The van der Waals surface area contributed by atoms with E-state index in [-0.39, 0.29) is 5.88 Å². The molecule has 0 radical (unpaired) electrons. The number of carboxylic acid groups (broad SMARTS) is 1. The normalized spacial score (nSPS) is 14.5. The van der Waals surface area contributed by atoms with E-state index in [0.29, 0.717) is 6.42 Å². The molecule has 0 aliphatic heterocycles. The third-order valence-electron chi connectivity index (χ3n) is 1.39. The van der Waals surface area contributed by atoms with Gasteiger partial charge in [0.2, 0.25) is 0 Å². The molecular formula is C6H9Cl3O2. The van der Waals surface area contributed by atoms with Crippen LogP contribution in [0.4, 0.5) is 0 Å². The molecule has 0 aliphatic carbocycles. The van der Waals surface area contributed by atoms with Gasteiger partial charge in [-0.3, -0.25) is 4.79 Å². The number of aliphatic carboxylic acids is 1. The predicted octanol–water partition coefficient (Wildman–Crippen LogP) is 2.51. The minimum atomic E-state index is -1.36. The zero-order chi connectivity index (χ0) is 9.07. The summed E-state index contributed by atoms with van der Waals surface area (Å²) in [4.78, 5) is 10.5. The van der Waals surface area contributed by atoms with Crippen LogP contribution in [0.25, 0.3) is 0 Å². The summed E-state index contributed by atoms with van der Waals surface area (Å²) < 4.78 is -1.36. The lowest BCUT2D eigenvalue weighted by Crippen LogP contribution is -2.33. The van der Waals surface area contributed by atoms with Crippen LogP contribution in [0.3, 0.4) is 0 Å². The van der Waals surface area contributed by atoms with Crippen molar-refractivity contribution in [1.82, 2.24) is 0 Å². The minimum Gasteiger partial charge on any atom is -0.481 e. The van der Waals surface area contributed by atoms with Crippen molar-refractivity contribution in [3.63, 3.8) is 0 Å². The minimum absolute atomic E-state index is 0.0824. The van der Waals surface area contributed by atoms with Crippen LogP contribution >= 0.6 is 34.8 Å². The Morgan fingerprint density at radius 3 is 2.18 bits per heavy atom. The maximum atomic E-state index is 10.5. The van der Waals surface area contributed by atoms with E-state index in [1.807, 2.05) is 0 Å². The Morgan fingerprint density at radius 2 is 2.09 bits per heavy atom. The molecule has 5 heteroatoms. The standard InChI is InChI=1S/C6H9Cl3O2/c1-2-4(5(10)11)6(8,9)3-7/h4H,2-3H2,1H3,(H,10,11).